The van der Waals surface area contributed by atoms with Crippen molar-refractivity contribution < 1.29 is 14.7 Å². The first-order valence-corrected chi connectivity index (χ1v) is 12.4. The van der Waals surface area contributed by atoms with Crippen LogP contribution < -0.4 is 0 Å². The summed E-state index contributed by atoms with van der Waals surface area (Å²) in [4.78, 5) is 27.4. The van der Waals surface area contributed by atoms with Gasteiger partial charge in [-0.15, -0.1) is 0 Å². The fourth-order valence-electron chi connectivity index (χ4n) is 4.64. The van der Waals surface area contributed by atoms with Gasteiger partial charge < -0.3 is 5.11 Å². The lowest BCUT2D eigenvalue weighted by molar-refractivity contribution is 0.0976. The molecule has 3 rings (SSSR count). The average Bonchev–Trinajstić information content (AvgIpc) is 2.80. The van der Waals surface area contributed by atoms with Crippen LogP contribution in [0.3, 0.4) is 0 Å². The van der Waals surface area contributed by atoms with Gasteiger partial charge in [-0.1, -0.05) is 102 Å². The van der Waals surface area contributed by atoms with Crippen molar-refractivity contribution in [2.45, 2.75) is 78.1 Å². The number of hydrogen-bond donors (Lipinski definition) is 1. The van der Waals surface area contributed by atoms with Gasteiger partial charge in [0.2, 0.25) is 0 Å². The highest BCUT2D eigenvalue weighted by Gasteiger charge is 2.35. The summed E-state index contributed by atoms with van der Waals surface area (Å²) < 4.78 is 0. The molecular formula is C32H38O3. The summed E-state index contributed by atoms with van der Waals surface area (Å²) in [5, 5.41) is 11.1. The second-order valence-electron chi connectivity index (χ2n) is 11.4. The van der Waals surface area contributed by atoms with Crippen LogP contribution in [0.5, 0.6) is 5.75 Å². The number of benzene rings is 3. The van der Waals surface area contributed by atoms with Crippen LogP contribution in [0, 0.1) is 0 Å². The van der Waals surface area contributed by atoms with E-state index in [0.29, 0.717) is 36.0 Å². The molecule has 3 nitrogen and oxygen atoms in total. The number of rotatable bonds is 8. The molecule has 3 heteroatoms. The Morgan fingerprint density at radius 2 is 1.09 bits per heavy atom. The van der Waals surface area contributed by atoms with Crippen molar-refractivity contribution in [3.8, 4) is 5.75 Å². The van der Waals surface area contributed by atoms with E-state index in [-0.39, 0.29) is 29.2 Å². The monoisotopic (exact) mass is 470 g/mol. The first-order chi connectivity index (χ1) is 16.4. The van der Waals surface area contributed by atoms with Gasteiger partial charge in [0.1, 0.15) is 5.75 Å². The molecule has 3 aromatic carbocycles. The van der Waals surface area contributed by atoms with E-state index in [0.717, 1.165) is 16.7 Å². The Balaban J connectivity index is 2.10. The molecule has 0 aromatic heterocycles. The number of aryl methyl sites for hydroxylation is 2. The van der Waals surface area contributed by atoms with Gasteiger partial charge in [0.05, 0.1) is 5.56 Å². The molecule has 0 bridgehead atoms. The Hall–Kier alpha value is -3.20. The Kier molecular flexibility index (Phi) is 8.00. The smallest absolute Gasteiger partial charge is 0.167 e. The lowest BCUT2D eigenvalue weighted by atomic mass is 9.71. The number of carbonyl (C=O) groups is 2. The number of Topliss-reactive ketones (excluding diaryl/α,β-unsaturated/α-hetero) is 2. The van der Waals surface area contributed by atoms with Crippen molar-refractivity contribution in [1.29, 1.82) is 0 Å². The van der Waals surface area contributed by atoms with Crippen LogP contribution in [0.4, 0.5) is 0 Å². The molecule has 0 spiro atoms. The van der Waals surface area contributed by atoms with Crippen molar-refractivity contribution in [2.24, 2.45) is 0 Å². The fourth-order valence-corrected chi connectivity index (χ4v) is 4.64. The fraction of sp³-hybridized carbons (Fsp3) is 0.375. The number of phenolic OH excluding ortho intramolecular Hbond substituents is 1. The first kappa shape index (κ1) is 26.4. The summed E-state index contributed by atoms with van der Waals surface area (Å²) >= 11 is 0. The molecule has 35 heavy (non-hydrogen) atoms. The van der Waals surface area contributed by atoms with Crippen LogP contribution >= 0.6 is 0 Å². The number of hydrogen-bond acceptors (Lipinski definition) is 3. The molecule has 0 unspecified atom stereocenters. The summed E-state index contributed by atoms with van der Waals surface area (Å²) in [7, 11) is 0. The standard InChI is InChI=1S/C32H38O3/c1-31(2,3)24-21-27(35)29(26(34)20-18-23-15-11-8-12-16-23)30(32(4,5)6)28(24)25(33)19-17-22-13-9-7-10-14-22/h7-16,21,35H,17-20H2,1-6H3. The van der Waals surface area contributed by atoms with E-state index in [9.17, 15) is 14.7 Å². The molecule has 0 amide bonds. The zero-order valence-electron chi connectivity index (χ0n) is 21.9. The van der Waals surface area contributed by atoms with E-state index in [4.69, 9.17) is 0 Å². The Morgan fingerprint density at radius 3 is 1.49 bits per heavy atom. The molecule has 1 N–H and O–H groups in total. The van der Waals surface area contributed by atoms with Crippen molar-refractivity contribution in [1.82, 2.24) is 0 Å². The Labute approximate surface area is 210 Å². The van der Waals surface area contributed by atoms with Gasteiger partial charge in [0, 0.05) is 18.4 Å². The topological polar surface area (TPSA) is 54.4 Å². The Bertz CT molecular complexity index is 1180. The highest BCUT2D eigenvalue weighted by atomic mass is 16.3. The predicted molar refractivity (Wildman–Crippen MR) is 144 cm³/mol. The minimum Gasteiger partial charge on any atom is -0.507 e. The number of ketones is 2. The molecule has 0 saturated carbocycles. The van der Waals surface area contributed by atoms with E-state index in [1.54, 1.807) is 6.07 Å². The number of phenols is 1. The zero-order valence-corrected chi connectivity index (χ0v) is 21.9. The minimum absolute atomic E-state index is 0.0146. The number of carbonyl (C=O) groups excluding carboxylic acids is 2. The third kappa shape index (κ3) is 6.48. The molecule has 0 radical (unpaired) electrons. The van der Waals surface area contributed by atoms with E-state index < -0.39 is 5.41 Å². The summed E-state index contributed by atoms with van der Waals surface area (Å²) in [5.41, 5.74) is 3.65. The van der Waals surface area contributed by atoms with Crippen molar-refractivity contribution >= 4 is 11.6 Å². The van der Waals surface area contributed by atoms with E-state index in [2.05, 4.69) is 0 Å². The maximum atomic E-state index is 13.8. The molecule has 3 aromatic rings. The van der Waals surface area contributed by atoms with Crippen LogP contribution in [0.25, 0.3) is 0 Å². The zero-order chi connectivity index (χ0) is 25.8. The molecule has 0 heterocycles. The molecule has 184 valence electrons. The third-order valence-electron chi connectivity index (χ3n) is 6.39. The van der Waals surface area contributed by atoms with Gasteiger partial charge in [0.15, 0.2) is 11.6 Å². The van der Waals surface area contributed by atoms with Crippen LogP contribution in [-0.4, -0.2) is 16.7 Å². The quantitative estimate of drug-likeness (QED) is 0.345. The first-order valence-electron chi connectivity index (χ1n) is 12.4. The molecule has 0 aliphatic carbocycles. The molecule has 0 saturated heterocycles. The molecule has 0 aliphatic rings. The highest BCUT2D eigenvalue weighted by molar-refractivity contribution is 6.07. The van der Waals surface area contributed by atoms with E-state index >= 15 is 0 Å². The highest BCUT2D eigenvalue weighted by Crippen LogP contribution is 2.42. The van der Waals surface area contributed by atoms with Crippen molar-refractivity contribution in [2.75, 3.05) is 0 Å². The SMILES string of the molecule is CC(C)(C)c1cc(O)c(C(=O)CCc2ccccc2)c(C(C)(C)C)c1C(=O)CCc1ccccc1. The van der Waals surface area contributed by atoms with Crippen LogP contribution in [0.2, 0.25) is 0 Å². The molecule has 0 aliphatic heterocycles. The second-order valence-corrected chi connectivity index (χ2v) is 11.4. The summed E-state index contributed by atoms with van der Waals surface area (Å²) in [5.74, 6) is -0.146. The average molecular weight is 471 g/mol. The van der Waals surface area contributed by atoms with Gasteiger partial charge in [-0.25, -0.2) is 0 Å². The number of aromatic hydroxyl groups is 1. The second kappa shape index (κ2) is 10.6. The van der Waals surface area contributed by atoms with Gasteiger partial charge in [0.25, 0.3) is 0 Å². The summed E-state index contributed by atoms with van der Waals surface area (Å²) in [6.07, 6.45) is 1.83. The van der Waals surface area contributed by atoms with Crippen molar-refractivity contribution in [3.05, 3.63) is 100 Å². The Morgan fingerprint density at radius 1 is 0.657 bits per heavy atom. The summed E-state index contributed by atoms with van der Waals surface area (Å²) in [6, 6.07) is 21.5. The van der Waals surface area contributed by atoms with Gasteiger partial charge in [-0.2, -0.15) is 0 Å². The largest absolute Gasteiger partial charge is 0.507 e. The van der Waals surface area contributed by atoms with Gasteiger partial charge in [-0.05, 0) is 52.0 Å². The van der Waals surface area contributed by atoms with Gasteiger partial charge in [-0.3, -0.25) is 9.59 Å². The molecular weight excluding hydrogens is 432 g/mol. The lowest BCUT2D eigenvalue weighted by Crippen LogP contribution is -2.27. The summed E-state index contributed by atoms with van der Waals surface area (Å²) in [6.45, 7) is 12.2. The lowest BCUT2D eigenvalue weighted by Gasteiger charge is -2.32. The van der Waals surface area contributed by atoms with E-state index in [1.807, 2.05) is 102 Å². The van der Waals surface area contributed by atoms with E-state index in [1.165, 1.54) is 0 Å². The van der Waals surface area contributed by atoms with Crippen LogP contribution in [0.15, 0.2) is 66.7 Å². The van der Waals surface area contributed by atoms with Gasteiger partial charge >= 0.3 is 0 Å². The molecule has 0 atom stereocenters. The predicted octanol–water partition coefficient (Wildman–Crippen LogP) is 7.62. The third-order valence-corrected chi connectivity index (χ3v) is 6.39. The normalized spacial score (nSPS) is 11.9. The van der Waals surface area contributed by atoms with Crippen molar-refractivity contribution in [3.63, 3.8) is 0 Å². The van der Waals surface area contributed by atoms with Crippen LogP contribution in [-0.2, 0) is 23.7 Å². The molecule has 0 fully saturated rings. The maximum Gasteiger partial charge on any atom is 0.167 e. The van der Waals surface area contributed by atoms with Crippen LogP contribution in [0.1, 0.15) is 97.4 Å². The maximum absolute atomic E-state index is 13.8. The minimum atomic E-state index is -0.506.